The molecular formula is C16H27NO4. The van der Waals surface area contributed by atoms with Gasteiger partial charge in [-0.1, -0.05) is 27.2 Å². The van der Waals surface area contributed by atoms with Gasteiger partial charge in [0.1, 0.15) is 0 Å². The largest absolute Gasteiger partial charge is 0.481 e. The van der Waals surface area contributed by atoms with Crippen molar-refractivity contribution in [1.29, 1.82) is 0 Å². The molecule has 5 atom stereocenters. The van der Waals surface area contributed by atoms with Crippen LogP contribution >= 0.6 is 0 Å². The van der Waals surface area contributed by atoms with Gasteiger partial charge in [-0.15, -0.1) is 0 Å². The van der Waals surface area contributed by atoms with Crippen LogP contribution in [0.2, 0.25) is 0 Å². The number of rotatable bonds is 4. The Morgan fingerprint density at radius 2 is 1.86 bits per heavy atom. The minimum absolute atomic E-state index is 0.0143. The molecule has 0 heterocycles. The number of carboxylic acids is 1. The van der Waals surface area contributed by atoms with Gasteiger partial charge in [0.2, 0.25) is 5.91 Å². The zero-order valence-electron chi connectivity index (χ0n) is 13.4. The topological polar surface area (TPSA) is 75.6 Å². The van der Waals surface area contributed by atoms with Crippen LogP contribution < -0.4 is 5.32 Å². The maximum atomic E-state index is 12.5. The molecule has 1 amide bonds. The van der Waals surface area contributed by atoms with E-state index in [-0.39, 0.29) is 41.2 Å². The molecule has 0 bridgehead atoms. The van der Waals surface area contributed by atoms with Crippen LogP contribution in [0.1, 0.15) is 46.5 Å². The summed E-state index contributed by atoms with van der Waals surface area (Å²) in [5.74, 6) is -1.00. The summed E-state index contributed by atoms with van der Waals surface area (Å²) in [5, 5.41) is 12.3. The lowest BCUT2D eigenvalue weighted by Gasteiger charge is -2.56. The molecule has 2 aliphatic rings. The first-order chi connectivity index (χ1) is 9.78. The lowest BCUT2D eigenvalue weighted by molar-refractivity contribution is -0.157. The van der Waals surface area contributed by atoms with Crippen molar-refractivity contribution in [3.63, 3.8) is 0 Å². The zero-order valence-corrected chi connectivity index (χ0v) is 13.4. The van der Waals surface area contributed by atoms with Crippen molar-refractivity contribution in [3.8, 4) is 0 Å². The highest BCUT2D eigenvalue weighted by Gasteiger charge is 2.55. The van der Waals surface area contributed by atoms with Gasteiger partial charge in [0, 0.05) is 30.4 Å². The van der Waals surface area contributed by atoms with Crippen LogP contribution in [0.15, 0.2) is 0 Å². The highest BCUT2D eigenvalue weighted by molar-refractivity contribution is 5.80. The van der Waals surface area contributed by atoms with Gasteiger partial charge in [0.15, 0.2) is 0 Å². The fraction of sp³-hybridized carbons (Fsp3) is 0.875. The molecule has 0 saturated heterocycles. The highest BCUT2D eigenvalue weighted by Crippen LogP contribution is 2.47. The van der Waals surface area contributed by atoms with Crippen molar-refractivity contribution in [2.45, 2.75) is 58.6 Å². The third-order valence-corrected chi connectivity index (χ3v) is 5.48. The Labute approximate surface area is 126 Å². The van der Waals surface area contributed by atoms with E-state index < -0.39 is 5.97 Å². The Kier molecular flexibility index (Phi) is 4.61. The van der Waals surface area contributed by atoms with Crippen molar-refractivity contribution in [1.82, 2.24) is 5.32 Å². The molecule has 120 valence electrons. The van der Waals surface area contributed by atoms with E-state index in [9.17, 15) is 9.59 Å². The number of amides is 1. The second-order valence-corrected chi connectivity index (χ2v) is 7.22. The summed E-state index contributed by atoms with van der Waals surface area (Å²) in [6.07, 6.45) is 2.93. The molecule has 0 aromatic heterocycles. The van der Waals surface area contributed by atoms with Gasteiger partial charge in [0.05, 0.1) is 12.0 Å². The summed E-state index contributed by atoms with van der Waals surface area (Å²) >= 11 is 0. The number of carbonyl (C=O) groups excluding carboxylic acids is 1. The molecule has 0 aromatic carbocycles. The van der Waals surface area contributed by atoms with Gasteiger partial charge in [-0.25, -0.2) is 0 Å². The number of hydrogen-bond acceptors (Lipinski definition) is 3. The van der Waals surface area contributed by atoms with Gasteiger partial charge in [-0.3, -0.25) is 9.59 Å². The molecule has 0 radical (unpaired) electrons. The first kappa shape index (κ1) is 16.3. The summed E-state index contributed by atoms with van der Waals surface area (Å²) in [6, 6.07) is 0.0974. The Balaban J connectivity index is 1.94. The predicted molar refractivity (Wildman–Crippen MR) is 78.8 cm³/mol. The Morgan fingerprint density at radius 3 is 2.38 bits per heavy atom. The number of nitrogens with one attached hydrogen (secondary N) is 1. The van der Waals surface area contributed by atoms with Crippen molar-refractivity contribution in [2.75, 3.05) is 7.11 Å². The molecule has 21 heavy (non-hydrogen) atoms. The number of carbonyl (C=O) groups is 2. The van der Waals surface area contributed by atoms with E-state index in [4.69, 9.17) is 9.84 Å². The van der Waals surface area contributed by atoms with Crippen molar-refractivity contribution in [2.24, 2.45) is 23.2 Å². The van der Waals surface area contributed by atoms with E-state index in [1.165, 1.54) is 0 Å². The summed E-state index contributed by atoms with van der Waals surface area (Å²) in [6.45, 7) is 6.30. The lowest BCUT2D eigenvalue weighted by atomic mass is 9.57. The summed E-state index contributed by atoms with van der Waals surface area (Å²) in [7, 11) is 1.71. The third kappa shape index (κ3) is 2.93. The number of hydrogen-bond donors (Lipinski definition) is 2. The molecule has 2 aliphatic carbocycles. The van der Waals surface area contributed by atoms with Crippen molar-refractivity contribution < 1.29 is 19.4 Å². The van der Waals surface area contributed by atoms with E-state index in [2.05, 4.69) is 26.1 Å². The predicted octanol–water partition coefficient (Wildman–Crippen LogP) is 2.05. The van der Waals surface area contributed by atoms with E-state index in [0.29, 0.717) is 12.8 Å². The van der Waals surface area contributed by atoms with E-state index in [1.54, 1.807) is 7.11 Å². The van der Waals surface area contributed by atoms with Gasteiger partial charge < -0.3 is 15.2 Å². The smallest absolute Gasteiger partial charge is 0.306 e. The van der Waals surface area contributed by atoms with Gasteiger partial charge in [-0.2, -0.15) is 0 Å². The van der Waals surface area contributed by atoms with Gasteiger partial charge >= 0.3 is 5.97 Å². The quantitative estimate of drug-likeness (QED) is 0.833. The first-order valence-corrected chi connectivity index (χ1v) is 7.85. The minimum Gasteiger partial charge on any atom is -0.481 e. The molecule has 2 fully saturated rings. The van der Waals surface area contributed by atoms with Crippen LogP contribution in [0.5, 0.6) is 0 Å². The van der Waals surface area contributed by atoms with Crippen LogP contribution in [-0.2, 0) is 14.3 Å². The standard InChI is InChI=1S/C16H27NO4/c1-9-12(16(2,3)13(9)21-4)17-14(18)10-6-5-7-11(8-10)15(19)20/h9-13H,5-8H2,1-4H3,(H,17,18)(H,19,20). The third-order valence-electron chi connectivity index (χ3n) is 5.48. The monoisotopic (exact) mass is 297 g/mol. The Bertz CT molecular complexity index is 421. The molecule has 0 aromatic rings. The van der Waals surface area contributed by atoms with E-state index in [0.717, 1.165) is 12.8 Å². The van der Waals surface area contributed by atoms with Crippen LogP contribution in [0.3, 0.4) is 0 Å². The molecule has 0 aliphatic heterocycles. The number of carboxylic acid groups (broad SMARTS) is 1. The number of ether oxygens (including phenoxy) is 1. The lowest BCUT2D eigenvalue weighted by Crippen LogP contribution is -2.68. The van der Waals surface area contributed by atoms with Crippen molar-refractivity contribution in [3.05, 3.63) is 0 Å². The maximum absolute atomic E-state index is 12.5. The Morgan fingerprint density at radius 1 is 1.24 bits per heavy atom. The van der Waals surface area contributed by atoms with Crippen LogP contribution in [-0.4, -0.2) is 36.2 Å². The van der Waals surface area contributed by atoms with Crippen LogP contribution in [0, 0.1) is 23.2 Å². The second kappa shape index (κ2) is 5.95. The summed E-state index contributed by atoms with van der Waals surface area (Å²) in [4.78, 5) is 23.6. The average Bonchev–Trinajstić information content (AvgIpc) is 2.44. The highest BCUT2D eigenvalue weighted by atomic mass is 16.5. The summed E-state index contributed by atoms with van der Waals surface area (Å²) < 4.78 is 5.49. The second-order valence-electron chi connectivity index (χ2n) is 7.22. The maximum Gasteiger partial charge on any atom is 0.306 e. The van der Waals surface area contributed by atoms with E-state index in [1.807, 2.05) is 0 Å². The fourth-order valence-corrected chi connectivity index (χ4v) is 4.35. The normalized spacial score (nSPS) is 38.4. The number of methoxy groups -OCH3 is 1. The first-order valence-electron chi connectivity index (χ1n) is 7.85. The number of aliphatic carboxylic acids is 1. The van der Waals surface area contributed by atoms with Crippen LogP contribution in [0.25, 0.3) is 0 Å². The zero-order chi connectivity index (χ0) is 15.8. The summed E-state index contributed by atoms with van der Waals surface area (Å²) in [5.41, 5.74) is -0.0787. The average molecular weight is 297 g/mol. The van der Waals surface area contributed by atoms with Crippen LogP contribution in [0.4, 0.5) is 0 Å². The van der Waals surface area contributed by atoms with Crippen molar-refractivity contribution >= 4 is 11.9 Å². The van der Waals surface area contributed by atoms with E-state index >= 15 is 0 Å². The molecule has 5 unspecified atom stereocenters. The molecular weight excluding hydrogens is 270 g/mol. The fourth-order valence-electron chi connectivity index (χ4n) is 4.35. The minimum atomic E-state index is -0.774. The SMILES string of the molecule is COC1C(C)C(NC(=O)C2CCCC(C(=O)O)C2)C1(C)C. The van der Waals surface area contributed by atoms with Gasteiger partial charge in [-0.05, 0) is 19.3 Å². The Hall–Kier alpha value is -1.10. The molecule has 5 heteroatoms. The van der Waals surface area contributed by atoms with Gasteiger partial charge in [0.25, 0.3) is 0 Å². The molecule has 5 nitrogen and oxygen atoms in total. The molecule has 0 spiro atoms. The molecule has 2 N–H and O–H groups in total. The molecule has 2 saturated carbocycles. The molecule has 2 rings (SSSR count).